The maximum absolute atomic E-state index is 14.1. The van der Waals surface area contributed by atoms with Crippen molar-refractivity contribution in [3.8, 4) is 0 Å². The lowest BCUT2D eigenvalue weighted by Gasteiger charge is -2.64. The van der Waals surface area contributed by atoms with Crippen LogP contribution in [0, 0.1) is 28.6 Å². The lowest BCUT2D eigenvalue weighted by Crippen LogP contribution is -2.68. The Hall–Kier alpha value is -2.38. The zero-order valence-electron chi connectivity index (χ0n) is 23.0. The molecule has 0 N–H and O–H groups in total. The molecule has 0 saturated heterocycles. The lowest BCUT2D eigenvalue weighted by atomic mass is 9.46. The number of aromatic nitrogens is 1. The highest BCUT2D eigenvalue weighted by Gasteiger charge is 2.76. The fourth-order valence-corrected chi connectivity index (χ4v) is 9.71. The Kier molecular flexibility index (Phi) is 6.74. The largest absolute Gasteiger partial charge is 0.458 e. The first-order chi connectivity index (χ1) is 18.2. The van der Waals surface area contributed by atoms with Crippen molar-refractivity contribution in [1.82, 2.24) is 4.57 Å². The van der Waals surface area contributed by atoms with Crippen LogP contribution in [0.4, 0.5) is 0 Å². The highest BCUT2D eigenvalue weighted by Crippen LogP contribution is 2.73. The zero-order chi connectivity index (χ0) is 28.5. The van der Waals surface area contributed by atoms with Crippen LogP contribution in [0.3, 0.4) is 0 Å². The van der Waals surface area contributed by atoms with Crippen LogP contribution < -0.4 is 0 Å². The predicted octanol–water partition coefficient (Wildman–Crippen LogP) is 5.19. The molecule has 6 unspecified atom stereocenters. The van der Waals surface area contributed by atoms with E-state index in [0.717, 1.165) is 5.57 Å². The van der Waals surface area contributed by atoms with E-state index in [9.17, 15) is 19.2 Å². The highest BCUT2D eigenvalue weighted by atomic mass is 35.5. The van der Waals surface area contributed by atoms with Crippen molar-refractivity contribution in [3.63, 3.8) is 0 Å². The SMILES string of the molecule is CC(=O)OCC(=O)[C@@]1(OC(=O)c2cccn2C)C(C)CC2C3CCC4=CC(=O)C=CC4(C)[C@@]3(Cl)C(Cl)CC21C. The number of carbonyl (C=O) groups excluding carboxylic acids is 4. The molecule has 0 aromatic carbocycles. The molecule has 0 aliphatic heterocycles. The summed E-state index contributed by atoms with van der Waals surface area (Å²) in [6.45, 7) is 6.69. The van der Waals surface area contributed by atoms with Gasteiger partial charge in [-0.25, -0.2) is 4.79 Å². The number of rotatable bonds is 5. The van der Waals surface area contributed by atoms with E-state index >= 15 is 0 Å². The normalized spacial score (nSPS) is 40.7. The number of aryl methyl sites for hydroxylation is 1. The summed E-state index contributed by atoms with van der Waals surface area (Å²) in [5, 5.41) is -0.600. The predicted molar refractivity (Wildman–Crippen MR) is 146 cm³/mol. The van der Waals surface area contributed by atoms with Gasteiger partial charge in [0, 0.05) is 36.9 Å². The highest BCUT2D eigenvalue weighted by molar-refractivity contribution is 6.34. The molecule has 0 radical (unpaired) electrons. The van der Waals surface area contributed by atoms with Crippen LogP contribution in [0.1, 0.15) is 63.9 Å². The Morgan fingerprint density at radius 1 is 1.21 bits per heavy atom. The van der Waals surface area contributed by atoms with Crippen LogP contribution in [0.5, 0.6) is 0 Å². The van der Waals surface area contributed by atoms with Gasteiger partial charge in [-0.05, 0) is 61.8 Å². The molecule has 0 amide bonds. The van der Waals surface area contributed by atoms with Gasteiger partial charge in [-0.1, -0.05) is 32.4 Å². The van der Waals surface area contributed by atoms with Crippen molar-refractivity contribution in [2.75, 3.05) is 6.61 Å². The molecule has 8 atom stereocenters. The second-order valence-corrected chi connectivity index (χ2v) is 13.3. The molecular formula is C30H35Cl2NO6. The minimum atomic E-state index is -1.57. The maximum atomic E-state index is 14.1. The van der Waals surface area contributed by atoms with E-state index in [1.54, 1.807) is 42.1 Å². The van der Waals surface area contributed by atoms with Gasteiger partial charge in [-0.15, -0.1) is 23.2 Å². The third-order valence-corrected chi connectivity index (χ3v) is 11.9. The first kappa shape index (κ1) is 28.2. The maximum Gasteiger partial charge on any atom is 0.355 e. The molecule has 1 aromatic rings. The van der Waals surface area contributed by atoms with Gasteiger partial charge in [0.15, 0.2) is 18.0 Å². The quantitative estimate of drug-likeness (QED) is 0.354. The first-order valence-electron chi connectivity index (χ1n) is 13.5. The number of ketones is 2. The Balaban J connectivity index is 1.61. The van der Waals surface area contributed by atoms with Crippen molar-refractivity contribution in [2.24, 2.45) is 35.6 Å². The number of nitrogens with zero attached hydrogens (tertiary/aromatic N) is 1. The van der Waals surface area contributed by atoms with Gasteiger partial charge in [0.1, 0.15) is 5.69 Å². The topological polar surface area (TPSA) is 91.7 Å². The molecule has 0 spiro atoms. The van der Waals surface area contributed by atoms with E-state index in [-0.39, 0.29) is 23.5 Å². The molecule has 9 heteroatoms. The number of allylic oxidation sites excluding steroid dienone is 4. The second-order valence-electron chi connectivity index (χ2n) is 12.2. The summed E-state index contributed by atoms with van der Waals surface area (Å²) >= 11 is 14.9. The second kappa shape index (κ2) is 9.34. The Morgan fingerprint density at radius 3 is 2.56 bits per heavy atom. The average Bonchev–Trinajstić information content (AvgIpc) is 3.39. The molecule has 210 valence electrons. The molecule has 0 bridgehead atoms. The number of halogens is 2. The van der Waals surface area contributed by atoms with E-state index in [0.29, 0.717) is 31.4 Å². The summed E-state index contributed by atoms with van der Waals surface area (Å²) in [5.74, 6) is -2.30. The number of carbonyl (C=O) groups is 4. The van der Waals surface area contributed by atoms with Crippen LogP contribution in [0.2, 0.25) is 0 Å². The van der Waals surface area contributed by atoms with Crippen molar-refractivity contribution >= 4 is 46.7 Å². The van der Waals surface area contributed by atoms with Crippen LogP contribution >= 0.6 is 23.2 Å². The minimum absolute atomic E-state index is 0.0508. The number of ether oxygens (including phenoxy) is 2. The Morgan fingerprint density at radius 2 is 1.92 bits per heavy atom. The number of fused-ring (bicyclic) bond motifs is 5. The van der Waals surface area contributed by atoms with Crippen LogP contribution in [0.25, 0.3) is 0 Å². The molecule has 3 fully saturated rings. The summed E-state index contributed by atoms with van der Waals surface area (Å²) < 4.78 is 13.2. The van der Waals surface area contributed by atoms with E-state index < -0.39 is 51.0 Å². The summed E-state index contributed by atoms with van der Waals surface area (Å²) in [6, 6.07) is 3.38. The molecule has 7 nitrogen and oxygen atoms in total. The number of Topliss-reactive ketones (excluding diaryl/α,β-unsaturated/α-hetero) is 1. The van der Waals surface area contributed by atoms with Crippen molar-refractivity contribution in [3.05, 3.63) is 47.8 Å². The van der Waals surface area contributed by atoms with Gasteiger partial charge in [-0.3, -0.25) is 14.4 Å². The third-order valence-electron chi connectivity index (χ3n) is 10.4. The number of hydrogen-bond acceptors (Lipinski definition) is 6. The molecule has 1 heterocycles. The number of hydrogen-bond donors (Lipinski definition) is 0. The van der Waals surface area contributed by atoms with Gasteiger partial charge in [0.2, 0.25) is 5.78 Å². The molecule has 3 saturated carbocycles. The number of esters is 2. The minimum Gasteiger partial charge on any atom is -0.458 e. The van der Waals surface area contributed by atoms with Crippen LogP contribution in [-0.2, 0) is 30.9 Å². The Bertz CT molecular complexity index is 1320. The standard InChI is InChI=1S/C30H35Cl2NO6/c1-17-13-22-21-9-8-19-14-20(35)10-11-27(19,3)29(21,32)24(31)15-28(22,4)30(17,25(36)16-38-18(2)34)39-26(37)23-7-6-12-33(23)5/h6-7,10-12,14,17,21-22,24H,8-9,13,15-16H2,1-5H3/t17?,21?,22?,24?,27?,28?,29-,30-/m0/s1. The van der Waals surface area contributed by atoms with Gasteiger partial charge < -0.3 is 14.0 Å². The van der Waals surface area contributed by atoms with Crippen molar-refractivity contribution in [2.45, 2.75) is 69.2 Å². The van der Waals surface area contributed by atoms with E-state index in [4.69, 9.17) is 32.7 Å². The molecule has 1 aromatic heterocycles. The van der Waals surface area contributed by atoms with Crippen molar-refractivity contribution in [1.29, 1.82) is 0 Å². The van der Waals surface area contributed by atoms with Gasteiger partial charge in [0.25, 0.3) is 0 Å². The zero-order valence-corrected chi connectivity index (χ0v) is 24.5. The summed E-state index contributed by atoms with van der Waals surface area (Å²) in [5.41, 5.74) is -1.78. The van der Waals surface area contributed by atoms with E-state index in [1.165, 1.54) is 6.92 Å². The Labute approximate surface area is 238 Å². The van der Waals surface area contributed by atoms with Gasteiger partial charge in [-0.2, -0.15) is 0 Å². The first-order valence-corrected chi connectivity index (χ1v) is 14.3. The summed E-state index contributed by atoms with van der Waals surface area (Å²) in [6.07, 6.45) is 9.16. The summed E-state index contributed by atoms with van der Waals surface area (Å²) in [7, 11) is 1.74. The smallest absolute Gasteiger partial charge is 0.355 e. The lowest BCUT2D eigenvalue weighted by molar-refractivity contribution is -0.173. The fraction of sp³-hybridized carbons (Fsp3) is 0.600. The molecule has 5 rings (SSSR count). The third kappa shape index (κ3) is 3.75. The van der Waals surface area contributed by atoms with Crippen molar-refractivity contribution < 1.29 is 28.7 Å². The van der Waals surface area contributed by atoms with E-state index in [1.807, 2.05) is 26.8 Å². The van der Waals surface area contributed by atoms with Gasteiger partial charge in [0.05, 0.1) is 10.3 Å². The monoisotopic (exact) mass is 575 g/mol. The molecular weight excluding hydrogens is 541 g/mol. The fourth-order valence-electron chi connectivity index (χ4n) is 8.48. The number of alkyl halides is 2. The molecule has 4 aliphatic carbocycles. The van der Waals surface area contributed by atoms with E-state index in [2.05, 4.69) is 0 Å². The molecule has 4 aliphatic rings. The summed E-state index contributed by atoms with van der Waals surface area (Å²) in [4.78, 5) is 50.7. The van der Waals surface area contributed by atoms with Gasteiger partial charge >= 0.3 is 11.9 Å². The van der Waals surface area contributed by atoms with Crippen LogP contribution in [-0.4, -0.2) is 50.5 Å². The average molecular weight is 577 g/mol. The van der Waals surface area contributed by atoms with Crippen LogP contribution in [0.15, 0.2) is 42.1 Å². The molecule has 39 heavy (non-hydrogen) atoms.